The van der Waals surface area contributed by atoms with Crippen LogP contribution in [0, 0.1) is 5.92 Å². The van der Waals surface area contributed by atoms with Crippen molar-refractivity contribution in [3.63, 3.8) is 0 Å². The van der Waals surface area contributed by atoms with Crippen LogP contribution >= 0.6 is 23.2 Å². The maximum atomic E-state index is 13.2. The Morgan fingerprint density at radius 3 is 2.28 bits per heavy atom. The van der Waals surface area contributed by atoms with Gasteiger partial charge in [0.05, 0.1) is 35.6 Å². The van der Waals surface area contributed by atoms with E-state index < -0.39 is 24.4 Å². The molecule has 4 nitrogen and oxygen atoms in total. The number of amides is 1. The summed E-state index contributed by atoms with van der Waals surface area (Å²) in [7, 11) is 0. The number of hydrogen-bond donors (Lipinski definition) is 1. The zero-order valence-corrected chi connectivity index (χ0v) is 19.2. The van der Waals surface area contributed by atoms with Gasteiger partial charge in [-0.25, -0.2) is 0 Å². The number of carbonyl (C=O) groups excluding carboxylic acids is 2. The Bertz CT molecular complexity index is 933. The fourth-order valence-electron chi connectivity index (χ4n) is 3.24. The van der Waals surface area contributed by atoms with Gasteiger partial charge in [0.25, 0.3) is 0 Å². The second-order valence-corrected chi connectivity index (χ2v) is 8.13. The van der Waals surface area contributed by atoms with Gasteiger partial charge in [-0.1, -0.05) is 48.3 Å². The van der Waals surface area contributed by atoms with Gasteiger partial charge >= 0.3 is 12.1 Å². The first-order valence-corrected chi connectivity index (χ1v) is 10.9. The van der Waals surface area contributed by atoms with E-state index in [0.29, 0.717) is 23.4 Å². The van der Waals surface area contributed by atoms with Gasteiger partial charge in [0.2, 0.25) is 5.91 Å². The molecule has 0 bridgehead atoms. The van der Waals surface area contributed by atoms with E-state index in [4.69, 9.17) is 27.9 Å². The molecule has 0 aliphatic heterocycles. The number of carbonyl (C=O) groups is 2. The van der Waals surface area contributed by atoms with Crippen LogP contribution < -0.4 is 5.32 Å². The van der Waals surface area contributed by atoms with Crippen LogP contribution in [0.5, 0.6) is 0 Å². The third-order valence-electron chi connectivity index (χ3n) is 4.91. The molecule has 0 saturated heterocycles. The first-order valence-electron chi connectivity index (χ1n) is 10.1. The van der Waals surface area contributed by atoms with Gasteiger partial charge in [-0.2, -0.15) is 13.2 Å². The lowest BCUT2D eigenvalue weighted by atomic mass is 9.94. The molecule has 2 aromatic carbocycles. The van der Waals surface area contributed by atoms with E-state index in [0.717, 1.165) is 0 Å². The monoisotopic (exact) mass is 489 g/mol. The molecule has 1 amide bonds. The molecule has 0 saturated carbocycles. The maximum Gasteiger partial charge on any atom is 0.390 e. The molecule has 2 atom stereocenters. The van der Waals surface area contributed by atoms with Gasteiger partial charge in [-0.05, 0) is 55.2 Å². The van der Waals surface area contributed by atoms with E-state index in [1.54, 1.807) is 19.1 Å². The summed E-state index contributed by atoms with van der Waals surface area (Å²) in [6.07, 6.45) is -4.99. The maximum absolute atomic E-state index is 13.2. The molecule has 0 radical (unpaired) electrons. The first-order chi connectivity index (χ1) is 15.0. The second kappa shape index (κ2) is 11.6. The quantitative estimate of drug-likeness (QED) is 0.394. The van der Waals surface area contributed by atoms with Gasteiger partial charge in [0.1, 0.15) is 0 Å². The second-order valence-electron chi connectivity index (χ2n) is 7.29. The molecule has 0 aliphatic carbocycles. The highest BCUT2D eigenvalue weighted by molar-refractivity contribution is 6.33. The van der Waals surface area contributed by atoms with Crippen molar-refractivity contribution in [2.45, 2.75) is 45.2 Å². The summed E-state index contributed by atoms with van der Waals surface area (Å²) in [6, 6.07) is 10.4. The van der Waals surface area contributed by atoms with Crippen LogP contribution in [0.4, 0.5) is 18.9 Å². The Morgan fingerprint density at radius 1 is 1.06 bits per heavy atom. The predicted molar refractivity (Wildman–Crippen MR) is 119 cm³/mol. The zero-order valence-electron chi connectivity index (χ0n) is 17.6. The van der Waals surface area contributed by atoms with Crippen molar-refractivity contribution in [3.8, 4) is 0 Å². The molecule has 174 valence electrons. The van der Waals surface area contributed by atoms with Crippen molar-refractivity contribution >= 4 is 40.8 Å². The van der Waals surface area contributed by atoms with Crippen molar-refractivity contribution < 1.29 is 27.5 Å². The summed E-state index contributed by atoms with van der Waals surface area (Å²) >= 11 is 12.0. The first kappa shape index (κ1) is 26.0. The Kier molecular flexibility index (Phi) is 9.40. The van der Waals surface area contributed by atoms with Gasteiger partial charge in [-0.3, -0.25) is 9.59 Å². The number of nitrogens with one attached hydrogen (secondary N) is 1. The summed E-state index contributed by atoms with van der Waals surface area (Å²) in [5, 5.41) is 3.04. The highest BCUT2D eigenvalue weighted by Crippen LogP contribution is 2.34. The lowest BCUT2D eigenvalue weighted by Crippen LogP contribution is -2.26. The average Bonchev–Trinajstić information content (AvgIpc) is 2.72. The number of anilines is 1. The fraction of sp³-hybridized carbons (Fsp3) is 0.391. The van der Waals surface area contributed by atoms with Gasteiger partial charge in [0, 0.05) is 5.02 Å². The number of esters is 1. The topological polar surface area (TPSA) is 55.4 Å². The number of rotatable bonds is 9. The van der Waals surface area contributed by atoms with E-state index in [1.807, 2.05) is 6.92 Å². The molecule has 1 unspecified atom stereocenters. The smallest absolute Gasteiger partial charge is 0.390 e. The lowest BCUT2D eigenvalue weighted by Gasteiger charge is -2.20. The predicted octanol–water partition coefficient (Wildman–Crippen LogP) is 6.80. The summed E-state index contributed by atoms with van der Waals surface area (Å²) in [4.78, 5) is 24.9. The van der Waals surface area contributed by atoms with Crippen molar-refractivity contribution in [2.75, 3.05) is 11.9 Å². The van der Waals surface area contributed by atoms with Gasteiger partial charge in [-0.15, -0.1) is 0 Å². The number of ether oxygens (including phenoxy) is 1. The van der Waals surface area contributed by atoms with E-state index in [-0.39, 0.29) is 34.8 Å². The molecule has 2 aromatic rings. The molecule has 0 aromatic heterocycles. The Balaban J connectivity index is 2.26. The molecular formula is C23H24Cl2F3NO3. The van der Waals surface area contributed by atoms with E-state index in [9.17, 15) is 22.8 Å². The van der Waals surface area contributed by atoms with Crippen LogP contribution in [-0.2, 0) is 20.7 Å². The van der Waals surface area contributed by atoms with Crippen LogP contribution in [0.1, 0.15) is 43.7 Å². The third kappa shape index (κ3) is 7.71. The van der Waals surface area contributed by atoms with Crippen LogP contribution in [0.2, 0.25) is 10.0 Å². The number of alkyl halides is 3. The molecule has 9 heteroatoms. The van der Waals surface area contributed by atoms with Crippen LogP contribution in [0.25, 0.3) is 0 Å². The molecule has 32 heavy (non-hydrogen) atoms. The highest BCUT2D eigenvalue weighted by Gasteiger charge is 2.36. The SMILES string of the molecule is CCOC(=O)C(CC)Cc1ccc(Cl)c(NC(=O)[C@@H](CC(F)(F)F)c2ccc(Cl)cc2)c1. The summed E-state index contributed by atoms with van der Waals surface area (Å²) in [5.74, 6) is -3.04. The normalized spacial score (nSPS) is 13.3. The van der Waals surface area contributed by atoms with Crippen molar-refractivity contribution in [2.24, 2.45) is 5.92 Å². The minimum absolute atomic E-state index is 0.174. The van der Waals surface area contributed by atoms with E-state index >= 15 is 0 Å². The van der Waals surface area contributed by atoms with Crippen molar-refractivity contribution in [1.29, 1.82) is 0 Å². The molecule has 0 spiro atoms. The van der Waals surface area contributed by atoms with Crippen molar-refractivity contribution in [1.82, 2.24) is 0 Å². The summed E-state index contributed by atoms with van der Waals surface area (Å²) in [5.41, 5.74) is 1.06. The minimum Gasteiger partial charge on any atom is -0.466 e. The lowest BCUT2D eigenvalue weighted by molar-refractivity contribution is -0.148. The largest absolute Gasteiger partial charge is 0.466 e. The van der Waals surface area contributed by atoms with Crippen molar-refractivity contribution in [3.05, 3.63) is 63.6 Å². The zero-order chi connectivity index (χ0) is 23.9. The minimum atomic E-state index is -4.55. The number of halogens is 5. The molecular weight excluding hydrogens is 466 g/mol. The van der Waals surface area contributed by atoms with E-state index in [2.05, 4.69) is 5.32 Å². The molecule has 2 rings (SSSR count). The molecule has 0 fully saturated rings. The Morgan fingerprint density at radius 2 is 1.72 bits per heavy atom. The molecule has 1 N–H and O–H groups in total. The Labute approximate surface area is 195 Å². The Hall–Kier alpha value is -2.25. The van der Waals surface area contributed by atoms with Gasteiger partial charge in [0.15, 0.2) is 0 Å². The third-order valence-corrected chi connectivity index (χ3v) is 5.49. The van der Waals surface area contributed by atoms with Crippen LogP contribution in [0.15, 0.2) is 42.5 Å². The molecule has 0 heterocycles. The molecule has 0 aliphatic rings. The highest BCUT2D eigenvalue weighted by atomic mass is 35.5. The number of benzene rings is 2. The standard InChI is InChI=1S/C23H24Cl2F3NO3/c1-3-15(22(31)32-4-2)11-14-5-10-19(25)20(12-14)29-21(30)18(13-23(26,27)28)16-6-8-17(24)9-7-16/h5-10,12,15,18H,3-4,11,13H2,1-2H3,(H,29,30)/t15?,18-/m0/s1. The summed E-state index contributed by atoms with van der Waals surface area (Å²) in [6.45, 7) is 3.84. The fourth-order valence-corrected chi connectivity index (χ4v) is 3.53. The van der Waals surface area contributed by atoms with E-state index in [1.165, 1.54) is 30.3 Å². The van der Waals surface area contributed by atoms with Gasteiger partial charge < -0.3 is 10.1 Å². The van der Waals surface area contributed by atoms with Crippen LogP contribution in [-0.4, -0.2) is 24.7 Å². The number of hydrogen-bond acceptors (Lipinski definition) is 3. The van der Waals surface area contributed by atoms with Crippen LogP contribution in [0.3, 0.4) is 0 Å². The average molecular weight is 490 g/mol. The summed E-state index contributed by atoms with van der Waals surface area (Å²) < 4.78 is 44.5.